The Labute approximate surface area is 154 Å². The summed E-state index contributed by atoms with van der Waals surface area (Å²) in [4.78, 5) is 10.5. The van der Waals surface area contributed by atoms with Crippen molar-refractivity contribution in [3.63, 3.8) is 0 Å². The van der Waals surface area contributed by atoms with E-state index in [0.717, 1.165) is 50.3 Å². The number of aromatic amines is 1. The van der Waals surface area contributed by atoms with Gasteiger partial charge in [0.05, 0.1) is 6.54 Å². The van der Waals surface area contributed by atoms with Crippen LogP contribution in [0.1, 0.15) is 37.2 Å². The number of benzene rings is 1. The number of aromatic nitrogens is 3. The minimum Gasteiger partial charge on any atom is -0.490 e. The van der Waals surface area contributed by atoms with Gasteiger partial charge in [0, 0.05) is 48.6 Å². The van der Waals surface area contributed by atoms with Gasteiger partial charge < -0.3 is 14.3 Å². The topological polar surface area (TPSA) is 46.1 Å². The summed E-state index contributed by atoms with van der Waals surface area (Å²) in [5.74, 6) is 2.25. The molecule has 0 bridgehead atoms. The Hall–Kier alpha value is -2.27. The standard InChI is InChI=1S/C21H26N4O/c1-2-11-25-16(4-1)14-23-21(25)15-24-12-8-17(9-13-24)26-20-6-3-5-19-18(20)7-10-22-19/h3,5-7,10,14,17,22H,1-2,4,8-9,11-13,15H2. The molecule has 0 unspecified atom stereocenters. The number of aryl methyl sites for hydroxylation is 1. The lowest BCUT2D eigenvalue weighted by Gasteiger charge is -2.32. The van der Waals surface area contributed by atoms with E-state index in [-0.39, 0.29) is 0 Å². The van der Waals surface area contributed by atoms with Crippen LogP contribution in [0.2, 0.25) is 0 Å². The fourth-order valence-corrected chi connectivity index (χ4v) is 4.35. The molecule has 2 aliphatic rings. The van der Waals surface area contributed by atoms with Crippen LogP contribution in [0.25, 0.3) is 10.9 Å². The zero-order valence-corrected chi connectivity index (χ0v) is 15.2. The molecule has 26 heavy (non-hydrogen) atoms. The minimum atomic E-state index is 0.306. The predicted molar refractivity (Wildman–Crippen MR) is 102 cm³/mol. The maximum atomic E-state index is 6.33. The van der Waals surface area contributed by atoms with Gasteiger partial charge in [0.15, 0.2) is 0 Å². The van der Waals surface area contributed by atoms with Gasteiger partial charge in [-0.3, -0.25) is 4.90 Å². The number of hydrogen-bond acceptors (Lipinski definition) is 3. The zero-order chi connectivity index (χ0) is 17.3. The first-order valence-corrected chi connectivity index (χ1v) is 9.85. The third-order valence-corrected chi connectivity index (χ3v) is 5.83. The smallest absolute Gasteiger partial charge is 0.129 e. The quantitative estimate of drug-likeness (QED) is 0.780. The highest BCUT2D eigenvalue weighted by atomic mass is 16.5. The number of fused-ring (bicyclic) bond motifs is 2. The molecule has 3 aromatic rings. The number of rotatable bonds is 4. The van der Waals surface area contributed by atoms with E-state index < -0.39 is 0 Å². The summed E-state index contributed by atoms with van der Waals surface area (Å²) in [5.41, 5.74) is 2.56. The van der Waals surface area contributed by atoms with Crippen LogP contribution >= 0.6 is 0 Å². The van der Waals surface area contributed by atoms with E-state index >= 15 is 0 Å². The number of hydrogen-bond donors (Lipinski definition) is 1. The van der Waals surface area contributed by atoms with Gasteiger partial charge in [-0.05, 0) is 50.3 Å². The molecule has 1 N–H and O–H groups in total. The molecule has 5 rings (SSSR count). The van der Waals surface area contributed by atoms with Crippen LogP contribution in [-0.2, 0) is 19.5 Å². The molecule has 0 aliphatic carbocycles. The van der Waals surface area contributed by atoms with Crippen LogP contribution in [0.3, 0.4) is 0 Å². The van der Waals surface area contributed by atoms with Crippen LogP contribution in [0.4, 0.5) is 0 Å². The highest BCUT2D eigenvalue weighted by molar-refractivity contribution is 5.85. The van der Waals surface area contributed by atoms with Gasteiger partial charge in [0.1, 0.15) is 17.7 Å². The SMILES string of the molecule is c1cc(OC2CCN(Cc3ncc4n3CCCC4)CC2)c2cc[nH]c2c1. The molecule has 2 aliphatic heterocycles. The maximum Gasteiger partial charge on any atom is 0.129 e. The van der Waals surface area contributed by atoms with Crippen molar-refractivity contribution in [1.29, 1.82) is 0 Å². The molecule has 5 heteroatoms. The van der Waals surface area contributed by atoms with E-state index in [1.165, 1.54) is 36.2 Å². The minimum absolute atomic E-state index is 0.306. The molecular formula is C21H26N4O. The molecule has 0 radical (unpaired) electrons. The van der Waals surface area contributed by atoms with Crippen LogP contribution in [0, 0.1) is 0 Å². The number of likely N-dealkylation sites (tertiary alicyclic amines) is 1. The van der Waals surface area contributed by atoms with Gasteiger partial charge in [0.25, 0.3) is 0 Å². The zero-order valence-electron chi connectivity index (χ0n) is 15.2. The van der Waals surface area contributed by atoms with Gasteiger partial charge in [-0.2, -0.15) is 0 Å². The first kappa shape index (κ1) is 15.9. The van der Waals surface area contributed by atoms with Crippen LogP contribution in [0.15, 0.2) is 36.7 Å². The monoisotopic (exact) mass is 350 g/mol. The summed E-state index contributed by atoms with van der Waals surface area (Å²) in [6, 6.07) is 8.33. The molecule has 136 valence electrons. The average molecular weight is 350 g/mol. The van der Waals surface area contributed by atoms with Crippen molar-refractivity contribution in [2.45, 2.75) is 51.3 Å². The first-order chi connectivity index (χ1) is 12.9. The summed E-state index contributed by atoms with van der Waals surface area (Å²) in [7, 11) is 0. The highest BCUT2D eigenvalue weighted by Gasteiger charge is 2.23. The largest absolute Gasteiger partial charge is 0.490 e. The second-order valence-electron chi connectivity index (χ2n) is 7.56. The molecule has 4 heterocycles. The predicted octanol–water partition coefficient (Wildman–Crippen LogP) is 3.74. The average Bonchev–Trinajstić information content (AvgIpc) is 3.31. The molecule has 0 atom stereocenters. The Morgan fingerprint density at radius 2 is 2.04 bits per heavy atom. The number of imidazole rings is 1. The molecule has 1 fully saturated rings. The molecule has 0 saturated carbocycles. The van der Waals surface area contributed by atoms with Crippen LogP contribution < -0.4 is 4.74 Å². The normalized spacial score (nSPS) is 18.9. The lowest BCUT2D eigenvalue weighted by molar-refractivity contribution is 0.0957. The molecule has 2 aromatic heterocycles. The van der Waals surface area contributed by atoms with Crippen molar-refractivity contribution in [3.8, 4) is 5.75 Å². The first-order valence-electron chi connectivity index (χ1n) is 9.85. The summed E-state index contributed by atoms with van der Waals surface area (Å²) < 4.78 is 8.78. The van der Waals surface area contributed by atoms with Gasteiger partial charge in [-0.15, -0.1) is 0 Å². The van der Waals surface area contributed by atoms with Crippen molar-refractivity contribution in [1.82, 2.24) is 19.4 Å². The Kier molecular flexibility index (Phi) is 4.17. The fraction of sp³-hybridized carbons (Fsp3) is 0.476. The van der Waals surface area contributed by atoms with Crippen molar-refractivity contribution in [2.24, 2.45) is 0 Å². The van der Waals surface area contributed by atoms with Gasteiger partial charge in [0.2, 0.25) is 0 Å². The van der Waals surface area contributed by atoms with E-state index in [9.17, 15) is 0 Å². The summed E-state index contributed by atoms with van der Waals surface area (Å²) in [6.45, 7) is 4.27. The van der Waals surface area contributed by atoms with E-state index in [0.29, 0.717) is 6.10 Å². The molecular weight excluding hydrogens is 324 g/mol. The van der Waals surface area contributed by atoms with E-state index in [2.05, 4.69) is 44.9 Å². The van der Waals surface area contributed by atoms with Crippen molar-refractivity contribution in [3.05, 3.63) is 48.2 Å². The molecule has 5 nitrogen and oxygen atoms in total. The van der Waals surface area contributed by atoms with E-state index in [1.807, 2.05) is 6.20 Å². The fourth-order valence-electron chi connectivity index (χ4n) is 4.35. The number of nitrogens with zero attached hydrogens (tertiary/aromatic N) is 3. The van der Waals surface area contributed by atoms with Crippen molar-refractivity contribution < 1.29 is 4.74 Å². The molecule has 1 saturated heterocycles. The number of nitrogens with one attached hydrogen (secondary N) is 1. The Balaban J connectivity index is 1.20. The Morgan fingerprint density at radius 1 is 1.12 bits per heavy atom. The Bertz CT molecular complexity index is 888. The summed E-state index contributed by atoms with van der Waals surface area (Å²) in [5, 5.41) is 1.18. The van der Waals surface area contributed by atoms with Crippen LogP contribution in [-0.4, -0.2) is 38.6 Å². The third kappa shape index (κ3) is 3.01. The second-order valence-corrected chi connectivity index (χ2v) is 7.56. The lowest BCUT2D eigenvalue weighted by atomic mass is 10.1. The second kappa shape index (κ2) is 6.80. The van der Waals surface area contributed by atoms with E-state index in [1.54, 1.807) is 0 Å². The summed E-state index contributed by atoms with van der Waals surface area (Å²) >= 11 is 0. The van der Waals surface area contributed by atoms with Crippen LogP contribution in [0.5, 0.6) is 5.75 Å². The van der Waals surface area contributed by atoms with E-state index in [4.69, 9.17) is 9.72 Å². The number of ether oxygens (including phenoxy) is 1. The maximum absolute atomic E-state index is 6.33. The third-order valence-electron chi connectivity index (χ3n) is 5.83. The Morgan fingerprint density at radius 3 is 2.96 bits per heavy atom. The summed E-state index contributed by atoms with van der Waals surface area (Å²) in [6.07, 6.45) is 10.3. The van der Waals surface area contributed by atoms with Gasteiger partial charge in [-0.25, -0.2) is 4.98 Å². The molecule has 0 amide bonds. The van der Waals surface area contributed by atoms with Gasteiger partial charge >= 0.3 is 0 Å². The van der Waals surface area contributed by atoms with Gasteiger partial charge in [-0.1, -0.05) is 6.07 Å². The van der Waals surface area contributed by atoms with Crippen molar-refractivity contribution >= 4 is 10.9 Å². The molecule has 0 spiro atoms. The van der Waals surface area contributed by atoms with Crippen molar-refractivity contribution in [2.75, 3.05) is 13.1 Å². The highest BCUT2D eigenvalue weighted by Crippen LogP contribution is 2.28. The molecule has 1 aromatic carbocycles. The lowest BCUT2D eigenvalue weighted by Crippen LogP contribution is -2.38. The number of piperidine rings is 1. The number of H-pyrrole nitrogens is 1.